The lowest BCUT2D eigenvalue weighted by Gasteiger charge is -2.18. The van der Waals surface area contributed by atoms with Gasteiger partial charge in [0.2, 0.25) is 0 Å². The summed E-state index contributed by atoms with van der Waals surface area (Å²) in [6.07, 6.45) is -0.197. The van der Waals surface area contributed by atoms with Crippen molar-refractivity contribution < 1.29 is 29.5 Å². The molecule has 1 heterocycles. The molecule has 29 heavy (non-hydrogen) atoms. The SMILES string of the molecule is C[C@H](Oc1ccccc1-c1cccc([N+](=O)[O-])c1)C1=NCCN1.O=C(O)C(=O)O. The average molecular weight is 401 g/mol. The molecule has 0 unspecified atom stereocenters. The van der Waals surface area contributed by atoms with Crippen LogP contribution in [0.25, 0.3) is 11.1 Å². The number of para-hydroxylation sites is 1. The third kappa shape index (κ3) is 6.03. The third-order valence-corrected chi connectivity index (χ3v) is 3.83. The van der Waals surface area contributed by atoms with Gasteiger partial charge in [-0.2, -0.15) is 0 Å². The lowest BCUT2D eigenvalue weighted by Crippen LogP contribution is -2.33. The highest BCUT2D eigenvalue weighted by Crippen LogP contribution is 2.32. The zero-order valence-electron chi connectivity index (χ0n) is 15.4. The number of hydrogen-bond donors (Lipinski definition) is 3. The van der Waals surface area contributed by atoms with Gasteiger partial charge in [-0.3, -0.25) is 15.1 Å². The van der Waals surface area contributed by atoms with Gasteiger partial charge in [-0.05, 0) is 18.6 Å². The first-order valence-electron chi connectivity index (χ1n) is 8.54. The van der Waals surface area contributed by atoms with Gasteiger partial charge in [0.25, 0.3) is 5.69 Å². The minimum absolute atomic E-state index is 0.0622. The lowest BCUT2D eigenvalue weighted by atomic mass is 10.0. The third-order valence-electron chi connectivity index (χ3n) is 3.83. The van der Waals surface area contributed by atoms with Crippen LogP contribution in [0, 0.1) is 10.1 Å². The molecule has 0 fully saturated rings. The number of nitrogens with one attached hydrogen (secondary N) is 1. The largest absolute Gasteiger partial charge is 0.482 e. The summed E-state index contributed by atoms with van der Waals surface area (Å²) < 4.78 is 6.02. The van der Waals surface area contributed by atoms with E-state index in [9.17, 15) is 10.1 Å². The summed E-state index contributed by atoms with van der Waals surface area (Å²) in [6.45, 7) is 3.52. The minimum atomic E-state index is -1.82. The highest BCUT2D eigenvalue weighted by atomic mass is 16.6. The maximum atomic E-state index is 11.0. The molecule has 2 aromatic rings. The highest BCUT2D eigenvalue weighted by Gasteiger charge is 2.18. The number of non-ortho nitro benzene ring substituents is 1. The average Bonchev–Trinajstić information content (AvgIpc) is 3.24. The van der Waals surface area contributed by atoms with Crippen LogP contribution in [-0.2, 0) is 9.59 Å². The van der Waals surface area contributed by atoms with E-state index in [2.05, 4.69) is 10.3 Å². The molecular formula is C19H19N3O7. The molecule has 0 saturated carbocycles. The monoisotopic (exact) mass is 401 g/mol. The molecule has 2 aromatic carbocycles. The molecule has 0 amide bonds. The van der Waals surface area contributed by atoms with E-state index in [1.807, 2.05) is 37.3 Å². The second-order valence-corrected chi connectivity index (χ2v) is 5.87. The minimum Gasteiger partial charge on any atom is -0.482 e. The van der Waals surface area contributed by atoms with Crippen LogP contribution in [-0.4, -0.2) is 52.1 Å². The summed E-state index contributed by atoms with van der Waals surface area (Å²) in [6, 6.07) is 14.1. The Hall–Kier alpha value is -3.95. The zero-order valence-corrected chi connectivity index (χ0v) is 15.4. The van der Waals surface area contributed by atoms with E-state index in [1.165, 1.54) is 6.07 Å². The number of benzene rings is 2. The Balaban J connectivity index is 0.000000438. The maximum Gasteiger partial charge on any atom is 0.414 e. The number of aliphatic imine (C=N–C) groups is 1. The molecule has 1 aliphatic heterocycles. The molecule has 10 nitrogen and oxygen atoms in total. The smallest absolute Gasteiger partial charge is 0.414 e. The van der Waals surface area contributed by atoms with Crippen LogP contribution in [0.3, 0.4) is 0 Å². The Labute approximate surface area is 165 Å². The quantitative estimate of drug-likeness (QED) is 0.392. The Kier molecular flexibility index (Phi) is 7.24. The second kappa shape index (κ2) is 9.83. The topological polar surface area (TPSA) is 151 Å². The number of nitro groups is 1. The summed E-state index contributed by atoms with van der Waals surface area (Å²) >= 11 is 0. The van der Waals surface area contributed by atoms with Crippen LogP contribution in [0.15, 0.2) is 53.5 Å². The fourth-order valence-electron chi connectivity index (χ4n) is 2.53. The van der Waals surface area contributed by atoms with Gasteiger partial charge in [0.15, 0.2) is 6.10 Å². The predicted molar refractivity (Wildman–Crippen MR) is 104 cm³/mol. The predicted octanol–water partition coefficient (Wildman–Crippen LogP) is 2.19. The van der Waals surface area contributed by atoms with Gasteiger partial charge in [0.05, 0.1) is 11.5 Å². The van der Waals surface area contributed by atoms with Gasteiger partial charge in [0.1, 0.15) is 11.6 Å². The fraction of sp³-hybridized carbons (Fsp3) is 0.211. The van der Waals surface area contributed by atoms with E-state index < -0.39 is 16.9 Å². The fourth-order valence-corrected chi connectivity index (χ4v) is 2.53. The number of amidine groups is 1. The molecule has 0 radical (unpaired) electrons. The molecule has 10 heteroatoms. The van der Waals surface area contributed by atoms with Crippen molar-refractivity contribution in [1.82, 2.24) is 5.32 Å². The number of hydrogen-bond acceptors (Lipinski definition) is 7. The Morgan fingerprint density at radius 3 is 2.45 bits per heavy atom. The Bertz CT molecular complexity index is 931. The van der Waals surface area contributed by atoms with Crippen LogP contribution >= 0.6 is 0 Å². The number of carboxylic acid groups (broad SMARTS) is 2. The van der Waals surface area contributed by atoms with E-state index in [1.54, 1.807) is 12.1 Å². The first-order chi connectivity index (χ1) is 13.8. The van der Waals surface area contributed by atoms with Gasteiger partial charge in [0, 0.05) is 24.2 Å². The van der Waals surface area contributed by atoms with Crippen molar-refractivity contribution in [3.05, 3.63) is 58.6 Å². The van der Waals surface area contributed by atoms with Crippen molar-refractivity contribution in [1.29, 1.82) is 0 Å². The summed E-state index contributed by atoms with van der Waals surface area (Å²) in [5.74, 6) is -2.14. The van der Waals surface area contributed by atoms with E-state index in [-0.39, 0.29) is 11.8 Å². The van der Waals surface area contributed by atoms with Crippen LogP contribution in [0.4, 0.5) is 5.69 Å². The molecule has 0 bridgehead atoms. The summed E-state index contributed by atoms with van der Waals surface area (Å²) in [7, 11) is 0. The summed E-state index contributed by atoms with van der Waals surface area (Å²) in [4.78, 5) is 33.1. The lowest BCUT2D eigenvalue weighted by molar-refractivity contribution is -0.384. The molecule has 1 aliphatic rings. The molecule has 152 valence electrons. The van der Waals surface area contributed by atoms with Gasteiger partial charge in [-0.1, -0.05) is 30.3 Å². The molecule has 3 N–H and O–H groups in total. The number of nitrogens with zero attached hydrogens (tertiary/aromatic N) is 2. The summed E-state index contributed by atoms with van der Waals surface area (Å²) in [5, 5.41) is 28.9. The number of ether oxygens (including phenoxy) is 1. The van der Waals surface area contributed by atoms with Crippen LogP contribution in [0.1, 0.15) is 6.92 Å². The Morgan fingerprint density at radius 1 is 1.17 bits per heavy atom. The van der Waals surface area contributed by atoms with Crippen molar-refractivity contribution in [2.45, 2.75) is 13.0 Å². The maximum absolute atomic E-state index is 11.0. The van der Waals surface area contributed by atoms with Crippen LogP contribution in [0.5, 0.6) is 5.75 Å². The Morgan fingerprint density at radius 2 is 1.86 bits per heavy atom. The van der Waals surface area contributed by atoms with Crippen molar-refractivity contribution in [2.24, 2.45) is 4.99 Å². The number of nitro benzene ring substituents is 1. The van der Waals surface area contributed by atoms with Crippen molar-refractivity contribution >= 4 is 23.5 Å². The molecule has 0 aliphatic carbocycles. The standard InChI is InChI=1S/C17H17N3O3.C2H2O4/c1-12(17-18-9-10-19-17)23-16-8-3-2-7-15(16)13-5-4-6-14(11-13)20(21)22;3-1(4)2(5)6/h2-8,11-12H,9-10H2,1H3,(H,18,19);(H,3,4)(H,5,6)/t12-;/m0./s1. The van der Waals surface area contributed by atoms with E-state index in [0.717, 1.165) is 30.1 Å². The first-order valence-corrected chi connectivity index (χ1v) is 8.54. The van der Waals surface area contributed by atoms with Gasteiger partial charge >= 0.3 is 11.9 Å². The second-order valence-electron chi connectivity index (χ2n) is 5.87. The number of aliphatic carboxylic acids is 2. The van der Waals surface area contributed by atoms with Gasteiger partial charge in [-0.15, -0.1) is 0 Å². The number of rotatable bonds is 5. The van der Waals surface area contributed by atoms with Gasteiger partial charge < -0.3 is 20.3 Å². The van der Waals surface area contributed by atoms with Crippen LogP contribution in [0.2, 0.25) is 0 Å². The highest BCUT2D eigenvalue weighted by molar-refractivity contribution is 6.27. The van der Waals surface area contributed by atoms with Crippen molar-refractivity contribution in [2.75, 3.05) is 13.1 Å². The molecular weight excluding hydrogens is 382 g/mol. The number of carbonyl (C=O) groups is 2. The van der Waals surface area contributed by atoms with E-state index >= 15 is 0 Å². The van der Waals surface area contributed by atoms with E-state index in [0.29, 0.717) is 5.75 Å². The molecule has 0 saturated heterocycles. The molecule has 0 aromatic heterocycles. The molecule has 3 rings (SSSR count). The number of carboxylic acids is 2. The molecule has 1 atom stereocenters. The zero-order chi connectivity index (χ0) is 21.4. The van der Waals surface area contributed by atoms with Crippen LogP contribution < -0.4 is 10.1 Å². The van der Waals surface area contributed by atoms with Gasteiger partial charge in [-0.25, -0.2) is 9.59 Å². The summed E-state index contributed by atoms with van der Waals surface area (Å²) in [5.41, 5.74) is 1.64. The normalized spacial score (nSPS) is 13.2. The first kappa shape index (κ1) is 21.4. The molecule has 0 spiro atoms. The van der Waals surface area contributed by atoms with E-state index in [4.69, 9.17) is 24.5 Å². The van der Waals surface area contributed by atoms with Crippen molar-refractivity contribution in [3.63, 3.8) is 0 Å². The van der Waals surface area contributed by atoms with Crippen molar-refractivity contribution in [3.8, 4) is 16.9 Å².